The Morgan fingerprint density at radius 1 is 1.06 bits per heavy atom. The van der Waals surface area contributed by atoms with Gasteiger partial charge in [-0.25, -0.2) is 9.59 Å². The number of hydrogen-bond donors (Lipinski definition) is 2. The third-order valence-electron chi connectivity index (χ3n) is 8.59. The van der Waals surface area contributed by atoms with E-state index in [0.717, 1.165) is 24.4 Å². The Morgan fingerprint density at radius 3 is 2.45 bits per heavy atom. The van der Waals surface area contributed by atoms with Crippen molar-refractivity contribution in [1.82, 2.24) is 15.2 Å². The predicted octanol–water partition coefficient (Wildman–Crippen LogP) is 6.08. The highest BCUT2D eigenvalue weighted by Crippen LogP contribution is 2.36. The molecule has 5 rings (SSSR count). The molecule has 13 heteroatoms. The lowest BCUT2D eigenvalue weighted by Crippen LogP contribution is -2.53. The van der Waals surface area contributed by atoms with E-state index in [0.29, 0.717) is 43.1 Å². The van der Waals surface area contributed by atoms with Gasteiger partial charge in [0.25, 0.3) is 0 Å². The van der Waals surface area contributed by atoms with Crippen LogP contribution in [0.5, 0.6) is 11.5 Å². The van der Waals surface area contributed by atoms with Crippen molar-refractivity contribution in [3.05, 3.63) is 110 Å². The van der Waals surface area contributed by atoms with Gasteiger partial charge in [0.1, 0.15) is 11.0 Å². The van der Waals surface area contributed by atoms with Crippen molar-refractivity contribution in [2.24, 2.45) is 5.92 Å². The fraction of sp³-hybridized carbons (Fsp3) is 0.361. The summed E-state index contributed by atoms with van der Waals surface area (Å²) in [5, 5.41) is 14.6. The number of hydrogen-bond acceptors (Lipinski definition) is 11. The Hall–Kier alpha value is -3.71. The molecule has 1 saturated heterocycles. The lowest BCUT2D eigenvalue weighted by Gasteiger charge is -2.31. The molecule has 1 aliphatic heterocycles. The van der Waals surface area contributed by atoms with Crippen LogP contribution in [0, 0.1) is 5.92 Å². The minimum atomic E-state index is -1.50. The number of aliphatic hydroxyl groups excluding tert-OH is 1. The van der Waals surface area contributed by atoms with Gasteiger partial charge in [-0.1, -0.05) is 59.6 Å². The Kier molecular flexibility index (Phi) is 12.5. The molecule has 10 nitrogen and oxygen atoms in total. The minimum absolute atomic E-state index is 0.177. The van der Waals surface area contributed by atoms with E-state index in [2.05, 4.69) is 15.2 Å². The van der Waals surface area contributed by atoms with Crippen LogP contribution in [0.4, 0.5) is 0 Å². The van der Waals surface area contributed by atoms with Crippen LogP contribution in [0.1, 0.15) is 43.8 Å². The van der Waals surface area contributed by atoms with Gasteiger partial charge in [0.15, 0.2) is 17.0 Å². The summed E-state index contributed by atoms with van der Waals surface area (Å²) in [7, 11) is 5.11. The zero-order valence-corrected chi connectivity index (χ0v) is 29.8. The number of methoxy groups -OCH3 is 2. The van der Waals surface area contributed by atoms with Crippen molar-refractivity contribution < 1.29 is 33.6 Å². The molecule has 2 aromatic heterocycles. The van der Waals surface area contributed by atoms with Crippen molar-refractivity contribution in [2.75, 3.05) is 47.6 Å². The number of esters is 2. The molecule has 0 radical (unpaired) electrons. The molecule has 0 spiro atoms. The highest BCUT2D eigenvalue weighted by molar-refractivity contribution is 7.13. The highest BCUT2D eigenvalue weighted by Gasteiger charge is 2.42. The molecule has 0 aliphatic carbocycles. The number of halogens is 2. The zero-order valence-electron chi connectivity index (χ0n) is 27.5. The quantitative estimate of drug-likeness (QED) is 0.140. The largest absolute Gasteiger partial charge is 0.493 e. The number of carbonyl (C=O) groups is 2. The molecule has 3 atom stereocenters. The summed E-state index contributed by atoms with van der Waals surface area (Å²) in [6.45, 7) is 1.73. The number of nitrogens with zero attached hydrogens (tertiary/aromatic N) is 2. The van der Waals surface area contributed by atoms with Crippen LogP contribution in [-0.2, 0) is 32.8 Å². The van der Waals surface area contributed by atoms with E-state index in [1.165, 1.54) is 38.0 Å². The van der Waals surface area contributed by atoms with Gasteiger partial charge in [0.05, 0.1) is 37.5 Å². The minimum Gasteiger partial charge on any atom is -0.493 e. The second kappa shape index (κ2) is 16.8. The number of pyridine rings is 1. The summed E-state index contributed by atoms with van der Waals surface area (Å²) in [5.41, 5.74) is 0.299. The third-order valence-corrected chi connectivity index (χ3v) is 10.3. The van der Waals surface area contributed by atoms with Crippen molar-refractivity contribution in [3.63, 3.8) is 0 Å². The number of likely N-dealkylation sites (tertiary alicyclic amines) is 1. The van der Waals surface area contributed by atoms with E-state index in [9.17, 15) is 14.7 Å². The number of benzene rings is 2. The van der Waals surface area contributed by atoms with Gasteiger partial charge in [-0.15, -0.1) is 11.3 Å². The van der Waals surface area contributed by atoms with Crippen molar-refractivity contribution in [2.45, 2.75) is 31.0 Å². The number of aliphatic hydroxyl groups is 1. The molecule has 1 aliphatic rings. The highest BCUT2D eigenvalue weighted by atomic mass is 35.5. The van der Waals surface area contributed by atoms with Gasteiger partial charge >= 0.3 is 11.9 Å². The molecule has 1 unspecified atom stereocenters. The molecular weight excluding hydrogens is 689 g/mol. The number of rotatable bonds is 15. The van der Waals surface area contributed by atoms with Crippen LogP contribution < -0.4 is 14.8 Å². The van der Waals surface area contributed by atoms with Crippen molar-refractivity contribution in [3.8, 4) is 11.5 Å². The van der Waals surface area contributed by atoms with Gasteiger partial charge in [-0.3, -0.25) is 10.3 Å². The first-order valence-corrected chi connectivity index (χ1v) is 17.3. The van der Waals surface area contributed by atoms with Crippen molar-refractivity contribution in [1.29, 1.82) is 0 Å². The summed E-state index contributed by atoms with van der Waals surface area (Å²) in [6, 6.07) is 17.7. The first kappa shape index (κ1) is 36.6. The topological polar surface area (TPSA) is 119 Å². The molecule has 49 heavy (non-hydrogen) atoms. The second-order valence-electron chi connectivity index (χ2n) is 11.9. The van der Waals surface area contributed by atoms with Gasteiger partial charge in [-0.2, -0.15) is 0 Å². The molecule has 2 N–H and O–H groups in total. The summed E-state index contributed by atoms with van der Waals surface area (Å²) in [4.78, 5) is 34.6. The molecule has 3 heterocycles. The van der Waals surface area contributed by atoms with Crippen LogP contribution in [0.3, 0.4) is 0 Å². The molecule has 4 aromatic rings. The smallest absolute Gasteiger partial charge is 0.348 e. The summed E-state index contributed by atoms with van der Waals surface area (Å²) < 4.78 is 22.8. The number of aromatic nitrogens is 1. The molecule has 0 amide bonds. The zero-order chi connectivity index (χ0) is 35.0. The SMILES string of the molecule is COc1ccc([C@H](Cc2c(Cl)cncc2Cl)OC(=O)c2ccc(CNC(CO)(C(=O)OC[C@H]3CCN(C)C3)c3ccccc3)s2)cc1OC. The van der Waals surface area contributed by atoms with Crippen molar-refractivity contribution >= 4 is 46.5 Å². The maximum absolute atomic E-state index is 13.6. The predicted molar refractivity (Wildman–Crippen MR) is 189 cm³/mol. The van der Waals surface area contributed by atoms with E-state index >= 15 is 0 Å². The van der Waals surface area contributed by atoms with E-state index in [4.69, 9.17) is 42.1 Å². The van der Waals surface area contributed by atoms with Crippen LogP contribution in [0.25, 0.3) is 0 Å². The monoisotopic (exact) mass is 727 g/mol. The van der Waals surface area contributed by atoms with E-state index in [-0.39, 0.29) is 25.5 Å². The molecule has 2 aromatic carbocycles. The van der Waals surface area contributed by atoms with Crippen LogP contribution >= 0.6 is 34.5 Å². The maximum Gasteiger partial charge on any atom is 0.348 e. The number of ether oxygens (including phenoxy) is 4. The third kappa shape index (κ3) is 8.72. The van der Waals surface area contributed by atoms with E-state index in [1.54, 1.807) is 54.6 Å². The molecule has 0 bridgehead atoms. The maximum atomic E-state index is 13.6. The average Bonchev–Trinajstić information content (AvgIpc) is 3.78. The van der Waals surface area contributed by atoms with E-state index in [1.807, 2.05) is 13.1 Å². The Bertz CT molecular complexity index is 1720. The summed E-state index contributed by atoms with van der Waals surface area (Å²) in [6.07, 6.45) is 3.30. The fourth-order valence-corrected chi connectivity index (χ4v) is 7.16. The Balaban J connectivity index is 1.34. The molecule has 260 valence electrons. The second-order valence-corrected chi connectivity index (χ2v) is 13.8. The Labute approximate surface area is 299 Å². The number of nitrogens with one attached hydrogen (secondary N) is 1. The number of thiophene rings is 1. The first-order valence-electron chi connectivity index (χ1n) is 15.7. The fourth-order valence-electron chi connectivity index (χ4n) is 5.81. The molecule has 0 saturated carbocycles. The number of carbonyl (C=O) groups excluding carboxylic acids is 2. The van der Waals surface area contributed by atoms with Gasteiger partial charge in [-0.05, 0) is 61.0 Å². The van der Waals surface area contributed by atoms with E-state index < -0.39 is 30.2 Å². The normalized spacial score (nSPS) is 16.5. The average molecular weight is 729 g/mol. The van der Waals surface area contributed by atoms with Gasteiger partial charge < -0.3 is 29.0 Å². The van der Waals surface area contributed by atoms with Crippen LogP contribution in [0.15, 0.2) is 73.1 Å². The summed E-state index contributed by atoms with van der Waals surface area (Å²) in [5.74, 6) is 0.113. The summed E-state index contributed by atoms with van der Waals surface area (Å²) >= 11 is 14.1. The van der Waals surface area contributed by atoms with Gasteiger partial charge in [0, 0.05) is 42.7 Å². The Morgan fingerprint density at radius 2 is 1.80 bits per heavy atom. The first-order chi connectivity index (χ1) is 23.7. The molecular formula is C36H39Cl2N3O7S. The lowest BCUT2D eigenvalue weighted by atomic mass is 9.90. The van der Waals surface area contributed by atoms with Crippen LogP contribution in [0.2, 0.25) is 10.0 Å². The van der Waals surface area contributed by atoms with Crippen LogP contribution in [-0.4, -0.2) is 74.5 Å². The lowest BCUT2D eigenvalue weighted by molar-refractivity contribution is -0.155. The van der Waals surface area contributed by atoms with Gasteiger partial charge in [0.2, 0.25) is 0 Å². The molecule has 1 fully saturated rings. The standard InChI is InChI=1S/C36H39Cl2N3O7S/c1-41-14-13-23(20-41)21-47-35(44)36(22-42,25-7-5-4-6-8-25)40-17-26-10-12-33(49-26)34(43)48-31(16-27-28(37)18-39-19-29(27)38)24-9-11-30(45-2)32(15-24)46-3/h4-12,15,18-19,23,31,40,42H,13-14,16-17,20-22H2,1-3H3/t23-,31-,36?/m0/s1.